The fraction of sp³-hybridized carbons (Fsp3) is 0.615. The summed E-state index contributed by atoms with van der Waals surface area (Å²) in [6.45, 7) is 9.77. The summed E-state index contributed by atoms with van der Waals surface area (Å²) in [7, 11) is -1.43. The Morgan fingerprint density at radius 1 is 1.04 bits per heavy atom. The number of nitrogens with one attached hydrogen (secondary N) is 1. The number of amides is 1. The van der Waals surface area contributed by atoms with Crippen LogP contribution in [0, 0.1) is 0 Å². The normalized spacial score (nSPS) is 15.7. The van der Waals surface area contributed by atoms with Gasteiger partial charge in [0.15, 0.2) is 6.61 Å². The first-order valence-electron chi connectivity index (χ1n) is 14.0. The second kappa shape index (κ2) is 14.6. The van der Waals surface area contributed by atoms with Crippen LogP contribution >= 0.6 is 0 Å². The van der Waals surface area contributed by atoms with E-state index in [9.17, 15) is 35.9 Å². The average molecular weight is 667 g/mol. The van der Waals surface area contributed by atoms with Crippen molar-refractivity contribution in [1.29, 1.82) is 0 Å². The van der Waals surface area contributed by atoms with Crippen LogP contribution in [0.3, 0.4) is 0 Å². The predicted molar refractivity (Wildman–Crippen MR) is 156 cm³/mol. The molecule has 1 aliphatic rings. The van der Waals surface area contributed by atoms with Gasteiger partial charge in [-0.3, -0.25) is 9.59 Å². The SMILES string of the molecule is CC(=NOCC(=O)N1CCN(c2ncc(C(F)(F)F)cn2)CC1)C(C)Nc1cnn(COCC[Si](C)(C)C)c(=O)c1C(F)(F)F. The molecule has 0 radical (unpaired) electrons. The van der Waals surface area contributed by atoms with Gasteiger partial charge in [0.2, 0.25) is 5.95 Å². The third-order valence-corrected chi connectivity index (χ3v) is 8.52. The van der Waals surface area contributed by atoms with Crippen LogP contribution in [-0.2, 0) is 33.5 Å². The number of oxime groups is 1. The second-order valence-corrected chi connectivity index (χ2v) is 17.2. The number of piperazine rings is 1. The molecule has 0 aromatic carbocycles. The Morgan fingerprint density at radius 3 is 2.22 bits per heavy atom. The summed E-state index contributed by atoms with van der Waals surface area (Å²) in [4.78, 5) is 41.0. The molecule has 1 saturated heterocycles. The van der Waals surface area contributed by atoms with Gasteiger partial charge in [0.25, 0.3) is 11.5 Å². The zero-order chi connectivity index (χ0) is 33.6. The molecule has 12 nitrogen and oxygen atoms in total. The van der Waals surface area contributed by atoms with Crippen LogP contribution in [0.25, 0.3) is 0 Å². The van der Waals surface area contributed by atoms with E-state index in [4.69, 9.17) is 9.57 Å². The van der Waals surface area contributed by atoms with Gasteiger partial charge >= 0.3 is 12.4 Å². The van der Waals surface area contributed by atoms with Gasteiger partial charge in [0.05, 0.1) is 29.2 Å². The number of aromatic nitrogens is 4. The lowest BCUT2D eigenvalue weighted by atomic mass is 10.2. The number of hydrogen-bond donors (Lipinski definition) is 1. The molecule has 2 aromatic rings. The molecule has 1 aliphatic heterocycles. The molecule has 0 saturated carbocycles. The average Bonchev–Trinajstić information content (AvgIpc) is 2.94. The second-order valence-electron chi connectivity index (χ2n) is 11.6. The Balaban J connectivity index is 1.53. The molecule has 250 valence electrons. The zero-order valence-electron chi connectivity index (χ0n) is 25.5. The van der Waals surface area contributed by atoms with E-state index >= 15 is 0 Å². The molecule has 1 N–H and O–H groups in total. The van der Waals surface area contributed by atoms with Crippen molar-refractivity contribution in [3.05, 3.63) is 40.1 Å². The molecule has 3 rings (SSSR count). The number of carbonyl (C=O) groups excluding carboxylic acids is 1. The number of rotatable bonds is 12. The van der Waals surface area contributed by atoms with Crippen molar-refractivity contribution in [3.63, 3.8) is 0 Å². The lowest BCUT2D eigenvalue weighted by molar-refractivity contribution is -0.139. The van der Waals surface area contributed by atoms with E-state index in [1.807, 2.05) is 0 Å². The number of halogens is 6. The van der Waals surface area contributed by atoms with Gasteiger partial charge in [0.1, 0.15) is 12.3 Å². The number of hydrogen-bond acceptors (Lipinski definition) is 10. The van der Waals surface area contributed by atoms with Crippen LogP contribution < -0.4 is 15.8 Å². The van der Waals surface area contributed by atoms with Gasteiger partial charge in [0, 0.05) is 53.3 Å². The summed E-state index contributed by atoms with van der Waals surface area (Å²) < 4.78 is 85.8. The van der Waals surface area contributed by atoms with E-state index < -0.39 is 68.1 Å². The molecule has 0 bridgehead atoms. The highest BCUT2D eigenvalue weighted by Crippen LogP contribution is 2.32. The number of alkyl halides is 6. The van der Waals surface area contributed by atoms with E-state index in [0.29, 0.717) is 23.7 Å². The van der Waals surface area contributed by atoms with Crippen molar-refractivity contribution in [2.45, 2.75) is 64.7 Å². The monoisotopic (exact) mass is 666 g/mol. The molecular weight excluding hydrogens is 630 g/mol. The van der Waals surface area contributed by atoms with Crippen molar-refractivity contribution < 1.29 is 40.7 Å². The van der Waals surface area contributed by atoms with Crippen LogP contribution in [0.5, 0.6) is 0 Å². The first kappa shape index (κ1) is 35.7. The van der Waals surface area contributed by atoms with Gasteiger partial charge in [-0.2, -0.15) is 31.4 Å². The number of nitrogens with zero attached hydrogens (tertiary/aromatic N) is 7. The van der Waals surface area contributed by atoms with Crippen LogP contribution in [-0.4, -0.2) is 89.8 Å². The van der Waals surface area contributed by atoms with E-state index in [1.165, 1.54) is 18.7 Å². The van der Waals surface area contributed by atoms with Gasteiger partial charge in [-0.05, 0) is 19.9 Å². The Morgan fingerprint density at radius 2 is 1.67 bits per heavy atom. The lowest BCUT2D eigenvalue weighted by Gasteiger charge is -2.34. The molecule has 2 aromatic heterocycles. The van der Waals surface area contributed by atoms with Gasteiger partial charge in [-0.1, -0.05) is 24.8 Å². The molecular formula is C26H36F6N8O4Si. The summed E-state index contributed by atoms with van der Waals surface area (Å²) in [6, 6.07) is -0.0616. The van der Waals surface area contributed by atoms with Crippen LogP contribution in [0.1, 0.15) is 25.0 Å². The lowest BCUT2D eigenvalue weighted by Crippen LogP contribution is -2.50. The quantitative estimate of drug-likeness (QED) is 0.118. The summed E-state index contributed by atoms with van der Waals surface area (Å²) >= 11 is 0. The third kappa shape index (κ3) is 10.4. The number of carbonyl (C=O) groups is 1. The van der Waals surface area contributed by atoms with Crippen molar-refractivity contribution in [2.75, 3.05) is 49.6 Å². The molecule has 19 heteroatoms. The van der Waals surface area contributed by atoms with Crippen molar-refractivity contribution in [3.8, 4) is 0 Å². The maximum Gasteiger partial charge on any atom is 0.423 e. The minimum Gasteiger partial charge on any atom is -0.386 e. The molecule has 0 aliphatic carbocycles. The highest BCUT2D eigenvalue weighted by Gasteiger charge is 2.39. The molecule has 1 unspecified atom stereocenters. The Hall–Kier alpha value is -3.74. The molecule has 3 heterocycles. The molecule has 1 amide bonds. The maximum atomic E-state index is 13.9. The van der Waals surface area contributed by atoms with Crippen molar-refractivity contribution in [1.82, 2.24) is 24.6 Å². The van der Waals surface area contributed by atoms with E-state index in [-0.39, 0.29) is 37.8 Å². The fourth-order valence-electron chi connectivity index (χ4n) is 3.98. The largest absolute Gasteiger partial charge is 0.423 e. The molecule has 0 spiro atoms. The topological polar surface area (TPSA) is 127 Å². The van der Waals surface area contributed by atoms with Gasteiger partial charge in [-0.15, -0.1) is 0 Å². The minimum absolute atomic E-state index is 0.111. The Bertz CT molecular complexity index is 1390. The van der Waals surface area contributed by atoms with Gasteiger partial charge in [-0.25, -0.2) is 14.6 Å². The highest BCUT2D eigenvalue weighted by atomic mass is 28.3. The Labute approximate surface area is 256 Å². The highest BCUT2D eigenvalue weighted by molar-refractivity contribution is 6.76. The summed E-state index contributed by atoms with van der Waals surface area (Å²) in [5.74, 6) is -0.306. The summed E-state index contributed by atoms with van der Waals surface area (Å²) in [5.41, 5.74) is -4.09. The van der Waals surface area contributed by atoms with E-state index in [1.54, 1.807) is 4.90 Å². The summed E-state index contributed by atoms with van der Waals surface area (Å²) in [5, 5.41) is 10.2. The van der Waals surface area contributed by atoms with Crippen LogP contribution in [0.2, 0.25) is 25.7 Å². The van der Waals surface area contributed by atoms with Crippen LogP contribution in [0.4, 0.5) is 38.0 Å². The predicted octanol–water partition coefficient (Wildman–Crippen LogP) is 3.92. The third-order valence-electron chi connectivity index (χ3n) is 6.81. The van der Waals surface area contributed by atoms with E-state index in [2.05, 4.69) is 45.2 Å². The van der Waals surface area contributed by atoms with Gasteiger partial charge < -0.3 is 24.7 Å². The van der Waals surface area contributed by atoms with Crippen LogP contribution in [0.15, 0.2) is 28.5 Å². The Kier molecular flexibility index (Phi) is 11.6. The number of ether oxygens (including phenoxy) is 1. The van der Waals surface area contributed by atoms with E-state index in [0.717, 1.165) is 12.2 Å². The van der Waals surface area contributed by atoms with Crippen molar-refractivity contribution >= 4 is 31.3 Å². The first-order chi connectivity index (χ1) is 20.9. The molecule has 1 atom stereocenters. The first-order valence-corrected chi connectivity index (χ1v) is 17.7. The summed E-state index contributed by atoms with van der Waals surface area (Å²) in [6.07, 6.45) is -7.22. The molecule has 1 fully saturated rings. The zero-order valence-corrected chi connectivity index (χ0v) is 26.5. The smallest absolute Gasteiger partial charge is 0.386 e. The molecule has 45 heavy (non-hydrogen) atoms. The fourth-order valence-corrected chi connectivity index (χ4v) is 4.73. The number of anilines is 2. The maximum absolute atomic E-state index is 13.9. The standard InChI is InChI=1S/C26H36F6N8O4Si/c1-17(36-20-14-35-40(16-43-10-11-45(3,4)5)23(42)22(20)26(30,31)32)18(2)37-44-15-21(41)38-6-8-39(9-7-38)24-33-12-19(13-34-24)25(27,28)29/h12-14,17,36H,6-11,15-16H2,1-5H3. The van der Waals surface area contributed by atoms with Crippen molar-refractivity contribution in [2.24, 2.45) is 5.16 Å². The minimum atomic E-state index is -4.97.